The van der Waals surface area contributed by atoms with Crippen molar-refractivity contribution in [2.45, 2.75) is 13.1 Å². The zero-order valence-electron chi connectivity index (χ0n) is 23.3. The van der Waals surface area contributed by atoms with Gasteiger partial charge in [0, 0.05) is 30.7 Å². The molecule has 0 atom stereocenters. The summed E-state index contributed by atoms with van der Waals surface area (Å²) in [5.74, 6) is 1.11. The van der Waals surface area contributed by atoms with E-state index >= 15 is 0 Å². The van der Waals surface area contributed by atoms with Crippen LogP contribution in [0.15, 0.2) is 96.3 Å². The molecule has 3 aromatic heterocycles. The molecule has 0 fully saturated rings. The maximum absolute atomic E-state index is 13.3. The minimum atomic E-state index is -0.660. The van der Waals surface area contributed by atoms with Crippen molar-refractivity contribution >= 4 is 23.6 Å². The van der Waals surface area contributed by atoms with E-state index < -0.39 is 17.2 Å². The maximum Gasteiger partial charge on any atom is 0.323 e. The fourth-order valence-corrected chi connectivity index (χ4v) is 4.68. The molecule has 6 rings (SSSR count). The van der Waals surface area contributed by atoms with E-state index in [4.69, 9.17) is 9.47 Å². The molecule has 220 valence electrons. The molecule has 5 aromatic rings. The number of urea groups is 1. The van der Waals surface area contributed by atoms with E-state index in [0.29, 0.717) is 35.0 Å². The molecule has 3 N–H and O–H groups in total. The summed E-state index contributed by atoms with van der Waals surface area (Å²) in [5.41, 5.74) is 1.69. The van der Waals surface area contributed by atoms with Crippen molar-refractivity contribution in [3.8, 4) is 28.4 Å². The molecule has 0 saturated carbocycles. The molecule has 1 aliphatic heterocycles. The zero-order valence-corrected chi connectivity index (χ0v) is 23.3. The van der Waals surface area contributed by atoms with E-state index in [0.717, 1.165) is 11.3 Å². The van der Waals surface area contributed by atoms with E-state index in [2.05, 4.69) is 25.6 Å². The number of anilines is 2. The zero-order chi connectivity index (χ0) is 30.6. The van der Waals surface area contributed by atoms with Gasteiger partial charge < -0.3 is 24.7 Å². The predicted octanol–water partition coefficient (Wildman–Crippen LogP) is 5.57. The number of nitrogens with zero attached hydrogens (tertiary/aromatic N) is 3. The van der Waals surface area contributed by atoms with Crippen molar-refractivity contribution in [1.29, 1.82) is 0 Å². The van der Waals surface area contributed by atoms with Crippen LogP contribution < -0.4 is 25.5 Å². The Morgan fingerprint density at radius 1 is 0.977 bits per heavy atom. The predicted molar refractivity (Wildman–Crippen MR) is 160 cm³/mol. The number of pyridine rings is 3. The first-order chi connectivity index (χ1) is 21.4. The number of fused-ring (bicyclic) bond motifs is 1. The summed E-state index contributed by atoms with van der Waals surface area (Å²) in [5, 5.41) is 5.42. The molecule has 0 unspecified atom stereocenters. The number of methoxy groups -OCH3 is 1. The quantitative estimate of drug-likeness (QED) is 0.214. The largest absolute Gasteiger partial charge is 0.497 e. The van der Waals surface area contributed by atoms with E-state index in [1.165, 1.54) is 55.1 Å². The van der Waals surface area contributed by atoms with Crippen LogP contribution in [-0.2, 0) is 13.1 Å². The second-order valence-corrected chi connectivity index (χ2v) is 9.82. The first kappa shape index (κ1) is 28.1. The van der Waals surface area contributed by atoms with Gasteiger partial charge in [0.15, 0.2) is 0 Å². The van der Waals surface area contributed by atoms with Gasteiger partial charge in [-0.3, -0.25) is 14.9 Å². The smallest absolute Gasteiger partial charge is 0.323 e. The molecule has 11 nitrogen and oxygen atoms in total. The van der Waals surface area contributed by atoms with Crippen LogP contribution in [0.4, 0.5) is 20.8 Å². The second-order valence-electron chi connectivity index (χ2n) is 9.82. The molecule has 1 aliphatic rings. The Kier molecular flexibility index (Phi) is 7.70. The van der Waals surface area contributed by atoms with Crippen LogP contribution in [0.2, 0.25) is 0 Å². The Labute approximate surface area is 250 Å². The molecular formula is C32H25FN6O5. The number of nitrogens with one attached hydrogen (secondary N) is 3. The lowest BCUT2D eigenvalue weighted by Crippen LogP contribution is -2.38. The summed E-state index contributed by atoms with van der Waals surface area (Å²) >= 11 is 0. The Hall–Kier alpha value is -6.04. The Balaban J connectivity index is 1.14. The number of carbonyl (C=O) groups is 2. The maximum atomic E-state index is 13.3. The number of amides is 3. The third-order valence-electron chi connectivity index (χ3n) is 6.96. The molecule has 2 aromatic carbocycles. The van der Waals surface area contributed by atoms with Gasteiger partial charge in [0.1, 0.15) is 40.3 Å². The molecule has 0 aliphatic carbocycles. The highest BCUT2D eigenvalue weighted by atomic mass is 19.1. The standard InChI is InChI=1S/C32H25FN6O5/c1-43-22-8-2-19(3-9-22)17-39-18-26-27(12-13-35-30(26)38-32(39)42)44-23-10-11-28(36-14-23)37-31(41)25-16-34-15-24(29(25)40)20-4-6-21(33)7-5-20/h2-16H,17-18H2,1H3,(H,34,40)(H,35,38,42)(H,36,37,41). The summed E-state index contributed by atoms with van der Waals surface area (Å²) in [6.45, 7) is 0.638. The van der Waals surface area contributed by atoms with E-state index in [9.17, 15) is 18.8 Å². The highest BCUT2D eigenvalue weighted by Crippen LogP contribution is 2.33. The number of aromatic amines is 1. The van der Waals surface area contributed by atoms with Crippen LogP contribution in [-0.4, -0.2) is 38.9 Å². The number of H-pyrrole nitrogens is 1. The molecule has 0 bridgehead atoms. The summed E-state index contributed by atoms with van der Waals surface area (Å²) in [7, 11) is 1.59. The lowest BCUT2D eigenvalue weighted by molar-refractivity contribution is 0.102. The van der Waals surface area contributed by atoms with Gasteiger partial charge in [-0.05, 0) is 53.6 Å². The highest BCUT2D eigenvalue weighted by Gasteiger charge is 2.27. The molecule has 44 heavy (non-hydrogen) atoms. The van der Waals surface area contributed by atoms with Crippen LogP contribution in [0.3, 0.4) is 0 Å². The number of aromatic nitrogens is 3. The van der Waals surface area contributed by atoms with Crippen LogP contribution in [0.25, 0.3) is 11.1 Å². The Morgan fingerprint density at radius 2 is 1.75 bits per heavy atom. The fraction of sp³-hybridized carbons (Fsp3) is 0.0938. The summed E-state index contributed by atoms with van der Waals surface area (Å²) in [6.07, 6.45) is 5.72. The summed E-state index contributed by atoms with van der Waals surface area (Å²) in [6, 6.07) is 17.5. The number of rotatable bonds is 8. The van der Waals surface area contributed by atoms with Crippen LogP contribution in [0.5, 0.6) is 17.2 Å². The fourth-order valence-electron chi connectivity index (χ4n) is 4.68. The van der Waals surface area contributed by atoms with Crippen molar-refractivity contribution in [3.05, 3.63) is 124 Å². The molecule has 0 saturated heterocycles. The van der Waals surface area contributed by atoms with Crippen molar-refractivity contribution in [2.75, 3.05) is 17.7 Å². The number of hydrogen-bond acceptors (Lipinski definition) is 7. The normalized spacial score (nSPS) is 12.2. The van der Waals surface area contributed by atoms with Gasteiger partial charge in [0.2, 0.25) is 5.43 Å². The van der Waals surface area contributed by atoms with Gasteiger partial charge >= 0.3 is 6.03 Å². The minimum absolute atomic E-state index is 0.126. The number of ether oxygens (including phenoxy) is 2. The molecule has 0 radical (unpaired) electrons. The van der Waals surface area contributed by atoms with Crippen LogP contribution >= 0.6 is 0 Å². The average molecular weight is 593 g/mol. The van der Waals surface area contributed by atoms with Gasteiger partial charge in [0.05, 0.1) is 25.4 Å². The van der Waals surface area contributed by atoms with Crippen molar-refractivity contribution < 1.29 is 23.5 Å². The average Bonchev–Trinajstić information content (AvgIpc) is 3.03. The van der Waals surface area contributed by atoms with Gasteiger partial charge in [0.25, 0.3) is 5.91 Å². The summed E-state index contributed by atoms with van der Waals surface area (Å²) in [4.78, 5) is 51.6. The van der Waals surface area contributed by atoms with Crippen molar-refractivity contribution in [2.24, 2.45) is 0 Å². The number of halogens is 1. The lowest BCUT2D eigenvalue weighted by atomic mass is 10.1. The van der Waals surface area contributed by atoms with E-state index in [1.807, 2.05) is 24.3 Å². The topological polar surface area (TPSA) is 139 Å². The van der Waals surface area contributed by atoms with Crippen LogP contribution in [0, 0.1) is 5.82 Å². The van der Waals surface area contributed by atoms with Crippen LogP contribution in [0.1, 0.15) is 21.5 Å². The lowest BCUT2D eigenvalue weighted by Gasteiger charge is -2.29. The number of carbonyl (C=O) groups excluding carboxylic acids is 2. The molecule has 12 heteroatoms. The molecule has 4 heterocycles. The van der Waals surface area contributed by atoms with E-state index in [1.54, 1.807) is 24.1 Å². The molecular weight excluding hydrogens is 567 g/mol. The number of hydrogen-bond donors (Lipinski definition) is 3. The van der Waals surface area contributed by atoms with Gasteiger partial charge in [-0.25, -0.2) is 19.2 Å². The highest BCUT2D eigenvalue weighted by molar-refractivity contribution is 6.04. The molecule has 0 spiro atoms. The minimum Gasteiger partial charge on any atom is -0.497 e. The summed E-state index contributed by atoms with van der Waals surface area (Å²) < 4.78 is 24.6. The first-order valence-electron chi connectivity index (χ1n) is 13.5. The first-order valence-corrected chi connectivity index (χ1v) is 13.5. The Bertz CT molecular complexity index is 1890. The Morgan fingerprint density at radius 3 is 2.48 bits per heavy atom. The SMILES string of the molecule is COc1ccc(CN2Cc3c(Oc4ccc(NC(=O)c5c[nH]cc(-c6ccc(F)cc6)c5=O)nc4)ccnc3NC2=O)cc1. The van der Waals surface area contributed by atoms with Gasteiger partial charge in [-0.1, -0.05) is 24.3 Å². The van der Waals surface area contributed by atoms with E-state index in [-0.39, 0.29) is 29.5 Å². The second kappa shape index (κ2) is 12.1. The molecule has 3 amide bonds. The van der Waals surface area contributed by atoms with Gasteiger partial charge in [-0.2, -0.15) is 0 Å². The van der Waals surface area contributed by atoms with Crippen molar-refractivity contribution in [1.82, 2.24) is 19.9 Å². The van der Waals surface area contributed by atoms with Crippen molar-refractivity contribution in [3.63, 3.8) is 0 Å². The third-order valence-corrected chi connectivity index (χ3v) is 6.96. The third kappa shape index (κ3) is 5.95. The van der Waals surface area contributed by atoms with Gasteiger partial charge in [-0.15, -0.1) is 0 Å². The number of benzene rings is 2. The monoisotopic (exact) mass is 592 g/mol.